The number of hydrogen-bond acceptors (Lipinski definition) is 3. The minimum absolute atomic E-state index is 0.0515. The average Bonchev–Trinajstić information content (AvgIpc) is 3.18. The van der Waals surface area contributed by atoms with Gasteiger partial charge in [-0.1, -0.05) is 171 Å². The summed E-state index contributed by atoms with van der Waals surface area (Å²) < 4.78 is 20.0. The van der Waals surface area contributed by atoms with Crippen LogP contribution >= 0.6 is 0 Å². The van der Waals surface area contributed by atoms with E-state index in [1.54, 1.807) is 0 Å². The van der Waals surface area contributed by atoms with E-state index in [1.165, 1.54) is 60.0 Å². The van der Waals surface area contributed by atoms with E-state index in [2.05, 4.69) is 148 Å². The van der Waals surface area contributed by atoms with Gasteiger partial charge in [-0.2, -0.15) is 0 Å². The van der Waals surface area contributed by atoms with Crippen molar-refractivity contribution in [2.24, 2.45) is 10.8 Å². The third-order valence-corrected chi connectivity index (χ3v) is 15.4. The van der Waals surface area contributed by atoms with Gasteiger partial charge >= 0.3 is 0 Å². The van der Waals surface area contributed by atoms with E-state index in [-0.39, 0.29) is 10.5 Å². The molecule has 3 nitrogen and oxygen atoms in total. The Morgan fingerprint density at radius 1 is 0.615 bits per heavy atom. The molecule has 0 saturated heterocycles. The average molecular weight is 717 g/mol. The zero-order valence-corrected chi connectivity index (χ0v) is 33.3. The Morgan fingerprint density at radius 2 is 1.12 bits per heavy atom. The summed E-state index contributed by atoms with van der Waals surface area (Å²) in [6, 6.07) is 43.5. The van der Waals surface area contributed by atoms with Crippen molar-refractivity contribution in [3.63, 3.8) is 0 Å². The van der Waals surface area contributed by atoms with E-state index in [4.69, 9.17) is 14.2 Å². The molecule has 0 heterocycles. The third-order valence-electron chi connectivity index (χ3n) is 11.6. The molecule has 1 aliphatic rings. The van der Waals surface area contributed by atoms with Crippen LogP contribution in [-0.2, 0) is 27.4 Å². The molecule has 4 aromatic rings. The smallest absolute Gasteiger partial charge is 0.110 e. The zero-order chi connectivity index (χ0) is 36.4. The lowest BCUT2D eigenvalue weighted by molar-refractivity contribution is -0.0526. The van der Waals surface area contributed by atoms with Gasteiger partial charge in [-0.25, -0.2) is 0 Å². The van der Waals surface area contributed by atoms with Crippen LogP contribution in [0, 0.1) is 10.8 Å². The summed E-state index contributed by atoms with van der Waals surface area (Å²) in [5.41, 5.74) is 2.70. The van der Waals surface area contributed by atoms with Crippen molar-refractivity contribution in [2.75, 3.05) is 26.4 Å². The molecule has 0 amide bonds. The van der Waals surface area contributed by atoms with Gasteiger partial charge in [0.05, 0.1) is 26.4 Å². The molecule has 0 spiro atoms. The Kier molecular flexibility index (Phi) is 16.0. The topological polar surface area (TPSA) is 27.7 Å². The summed E-state index contributed by atoms with van der Waals surface area (Å²) in [4.78, 5) is 0. The third kappa shape index (κ3) is 12.4. The van der Waals surface area contributed by atoms with E-state index in [0.29, 0.717) is 31.8 Å². The van der Waals surface area contributed by atoms with Crippen LogP contribution in [0.5, 0.6) is 0 Å². The van der Waals surface area contributed by atoms with Gasteiger partial charge < -0.3 is 14.2 Å². The van der Waals surface area contributed by atoms with Gasteiger partial charge in [0.25, 0.3) is 0 Å². The van der Waals surface area contributed by atoms with Crippen LogP contribution in [0.2, 0.25) is 5.04 Å². The maximum Gasteiger partial charge on any atom is 0.110 e. The first-order valence-electron chi connectivity index (χ1n) is 19.9. The van der Waals surface area contributed by atoms with E-state index < -0.39 is 8.80 Å². The molecule has 0 aromatic heterocycles. The van der Waals surface area contributed by atoms with E-state index in [1.807, 2.05) is 0 Å². The minimum atomic E-state index is -1.53. The summed E-state index contributed by atoms with van der Waals surface area (Å²) in [6.45, 7) is 13.2. The second-order valence-corrected chi connectivity index (χ2v) is 20.0. The molecule has 1 saturated carbocycles. The monoisotopic (exact) mass is 716 g/mol. The van der Waals surface area contributed by atoms with E-state index in [9.17, 15) is 0 Å². The number of unbranched alkanes of at least 4 members (excludes halogenated alkanes) is 1. The Labute approximate surface area is 317 Å². The van der Waals surface area contributed by atoms with Gasteiger partial charge in [0, 0.05) is 18.6 Å². The highest BCUT2D eigenvalue weighted by atomic mass is 28.3. The van der Waals surface area contributed by atoms with Gasteiger partial charge in [0.1, 0.15) is 8.80 Å². The number of ether oxygens (including phenoxy) is 3. The molecule has 1 fully saturated rings. The van der Waals surface area contributed by atoms with Gasteiger partial charge in [-0.15, -0.1) is 6.58 Å². The molecular weight excluding hydrogens is 653 g/mol. The van der Waals surface area contributed by atoms with Crippen molar-refractivity contribution in [3.05, 3.63) is 145 Å². The molecular formula is C48H64O3Si. The standard InChI is InChI=1S/C48H64O3Si/c1-4-5-19-32-48(40-50-37-42-22-11-6-12-23-42,41-51-38-43-24-13-7-14-25-43)34-33-47(30-20-10-21-31-47)35-36-49-39-46(2,3)52(44-26-15-8-16-27-44)45-28-17-9-18-29-45/h4,6-9,11-18,22-29,52H,1,5,10,19-21,30-41H2,2-3H3. The molecule has 0 unspecified atom stereocenters. The molecule has 0 atom stereocenters. The number of benzene rings is 4. The van der Waals surface area contributed by atoms with Gasteiger partial charge in [0.2, 0.25) is 0 Å². The molecule has 4 aromatic carbocycles. The Bertz CT molecular complexity index is 1450. The fourth-order valence-corrected chi connectivity index (χ4v) is 12.2. The molecule has 0 bridgehead atoms. The first-order valence-corrected chi connectivity index (χ1v) is 21.7. The lowest BCUT2D eigenvalue weighted by Gasteiger charge is -2.42. The van der Waals surface area contributed by atoms with Crippen LogP contribution in [0.25, 0.3) is 0 Å². The fourth-order valence-electron chi connectivity index (χ4n) is 8.55. The first kappa shape index (κ1) is 39.9. The minimum Gasteiger partial charge on any atom is -0.381 e. The summed E-state index contributed by atoms with van der Waals surface area (Å²) in [7, 11) is -1.53. The van der Waals surface area contributed by atoms with E-state index >= 15 is 0 Å². The normalized spacial score (nSPS) is 14.8. The molecule has 5 rings (SSSR count). The van der Waals surface area contributed by atoms with Gasteiger partial charge in [-0.3, -0.25) is 0 Å². The quantitative estimate of drug-likeness (QED) is 0.0435. The van der Waals surface area contributed by atoms with Crippen molar-refractivity contribution in [2.45, 2.75) is 103 Å². The first-order chi connectivity index (χ1) is 25.4. The molecule has 278 valence electrons. The number of hydrogen-bond donors (Lipinski definition) is 0. The maximum atomic E-state index is 6.76. The van der Waals surface area contributed by atoms with Crippen molar-refractivity contribution in [1.82, 2.24) is 0 Å². The Morgan fingerprint density at radius 3 is 1.62 bits per heavy atom. The van der Waals surface area contributed by atoms with Crippen LogP contribution in [-0.4, -0.2) is 35.2 Å². The largest absolute Gasteiger partial charge is 0.381 e. The van der Waals surface area contributed by atoms with Crippen molar-refractivity contribution in [1.29, 1.82) is 0 Å². The predicted molar refractivity (Wildman–Crippen MR) is 222 cm³/mol. The van der Waals surface area contributed by atoms with E-state index in [0.717, 1.165) is 45.3 Å². The highest BCUT2D eigenvalue weighted by Gasteiger charge is 2.38. The predicted octanol–water partition coefficient (Wildman–Crippen LogP) is 10.7. The molecule has 52 heavy (non-hydrogen) atoms. The summed E-state index contributed by atoms with van der Waals surface area (Å²) in [5, 5.41) is 3.06. The van der Waals surface area contributed by atoms with Crippen molar-refractivity contribution in [3.8, 4) is 0 Å². The maximum absolute atomic E-state index is 6.76. The zero-order valence-electron chi connectivity index (χ0n) is 32.2. The molecule has 0 N–H and O–H groups in total. The van der Waals surface area contributed by atoms with Crippen molar-refractivity contribution >= 4 is 19.2 Å². The van der Waals surface area contributed by atoms with Gasteiger partial charge in [-0.05, 0) is 72.9 Å². The van der Waals surface area contributed by atoms with Crippen LogP contribution < -0.4 is 10.4 Å². The Hall–Kier alpha value is -3.28. The highest BCUT2D eigenvalue weighted by Crippen LogP contribution is 2.47. The van der Waals surface area contributed by atoms with Crippen molar-refractivity contribution < 1.29 is 14.2 Å². The second-order valence-electron chi connectivity index (χ2n) is 16.2. The summed E-state index contributed by atoms with van der Waals surface area (Å²) in [6.07, 6.45) is 15.3. The van der Waals surface area contributed by atoms with Crippen LogP contribution in [0.4, 0.5) is 0 Å². The molecule has 0 aliphatic heterocycles. The Balaban J connectivity index is 1.27. The SMILES string of the molecule is C=CCCCC(CCC1(CCOCC(C)(C)[SiH](c2ccccc2)c2ccccc2)CCCCC1)(COCc1ccccc1)COCc1ccccc1. The second kappa shape index (κ2) is 20.8. The molecule has 1 aliphatic carbocycles. The highest BCUT2D eigenvalue weighted by molar-refractivity contribution is 6.87. The lowest BCUT2D eigenvalue weighted by atomic mass is 9.66. The van der Waals surface area contributed by atoms with Crippen LogP contribution in [0.15, 0.2) is 134 Å². The van der Waals surface area contributed by atoms with Gasteiger partial charge in [0.15, 0.2) is 0 Å². The number of allylic oxidation sites excluding steroid dienone is 1. The lowest BCUT2D eigenvalue weighted by Crippen LogP contribution is -2.51. The molecule has 4 heteroatoms. The summed E-state index contributed by atoms with van der Waals surface area (Å²) >= 11 is 0. The van der Waals surface area contributed by atoms with Crippen LogP contribution in [0.3, 0.4) is 0 Å². The fraction of sp³-hybridized carbons (Fsp3) is 0.458. The molecule has 0 radical (unpaired) electrons. The summed E-state index contributed by atoms with van der Waals surface area (Å²) in [5.74, 6) is 0. The van der Waals surface area contributed by atoms with Crippen LogP contribution in [0.1, 0.15) is 95.6 Å². The number of rotatable bonds is 23.